The maximum absolute atomic E-state index is 11.7. The minimum atomic E-state index is -0.226. The molecule has 0 atom stereocenters. The highest BCUT2D eigenvalue weighted by Gasteiger charge is 2.05. The largest absolute Gasteiger partial charge is 0.480 e. The molecule has 0 aliphatic heterocycles. The SMILES string of the molecule is CCCn1cc(OCC(=O)Nc2ccc(Cl)cc2)cn1. The Labute approximate surface area is 122 Å². The van der Waals surface area contributed by atoms with E-state index >= 15 is 0 Å². The number of benzene rings is 1. The molecule has 6 heteroatoms. The van der Waals surface area contributed by atoms with Crippen molar-refractivity contribution in [3.05, 3.63) is 41.7 Å². The molecular formula is C14H16ClN3O2. The lowest BCUT2D eigenvalue weighted by Crippen LogP contribution is -2.19. The highest BCUT2D eigenvalue weighted by molar-refractivity contribution is 6.30. The molecule has 0 aliphatic carbocycles. The zero-order valence-electron chi connectivity index (χ0n) is 11.2. The molecule has 1 aromatic heterocycles. The van der Waals surface area contributed by atoms with Crippen molar-refractivity contribution in [2.45, 2.75) is 19.9 Å². The third-order valence-corrected chi connectivity index (χ3v) is 2.81. The predicted octanol–water partition coefficient (Wildman–Crippen LogP) is 2.96. The molecular weight excluding hydrogens is 278 g/mol. The molecule has 20 heavy (non-hydrogen) atoms. The van der Waals surface area contributed by atoms with Gasteiger partial charge in [-0.2, -0.15) is 5.10 Å². The standard InChI is InChI=1S/C14H16ClN3O2/c1-2-7-18-9-13(8-16-18)20-10-14(19)17-12-5-3-11(15)4-6-12/h3-6,8-9H,2,7,10H2,1H3,(H,17,19). The van der Waals surface area contributed by atoms with E-state index in [4.69, 9.17) is 16.3 Å². The summed E-state index contributed by atoms with van der Waals surface area (Å²) in [7, 11) is 0. The van der Waals surface area contributed by atoms with Crippen LogP contribution in [0.4, 0.5) is 5.69 Å². The topological polar surface area (TPSA) is 56.1 Å². The van der Waals surface area contributed by atoms with E-state index in [1.165, 1.54) is 0 Å². The van der Waals surface area contributed by atoms with Crippen LogP contribution >= 0.6 is 11.6 Å². The monoisotopic (exact) mass is 293 g/mol. The second-order valence-corrected chi connectivity index (χ2v) is 4.72. The average molecular weight is 294 g/mol. The van der Waals surface area contributed by atoms with E-state index < -0.39 is 0 Å². The van der Waals surface area contributed by atoms with Gasteiger partial charge in [0.2, 0.25) is 0 Å². The lowest BCUT2D eigenvalue weighted by molar-refractivity contribution is -0.118. The van der Waals surface area contributed by atoms with Gasteiger partial charge in [-0.15, -0.1) is 0 Å². The second kappa shape index (κ2) is 6.96. The van der Waals surface area contributed by atoms with Crippen LogP contribution < -0.4 is 10.1 Å². The Morgan fingerprint density at radius 2 is 2.15 bits per heavy atom. The third-order valence-electron chi connectivity index (χ3n) is 2.56. The third kappa shape index (κ3) is 4.28. The fourth-order valence-corrected chi connectivity index (χ4v) is 1.78. The first-order valence-electron chi connectivity index (χ1n) is 6.38. The van der Waals surface area contributed by atoms with E-state index in [1.54, 1.807) is 41.3 Å². The zero-order chi connectivity index (χ0) is 14.4. The Morgan fingerprint density at radius 3 is 2.85 bits per heavy atom. The van der Waals surface area contributed by atoms with E-state index in [2.05, 4.69) is 17.3 Å². The van der Waals surface area contributed by atoms with Crippen molar-refractivity contribution in [1.82, 2.24) is 9.78 Å². The summed E-state index contributed by atoms with van der Waals surface area (Å²) >= 11 is 5.77. The summed E-state index contributed by atoms with van der Waals surface area (Å²) in [5.41, 5.74) is 0.685. The summed E-state index contributed by atoms with van der Waals surface area (Å²) < 4.78 is 7.15. The number of nitrogens with zero attached hydrogens (tertiary/aromatic N) is 2. The smallest absolute Gasteiger partial charge is 0.262 e. The van der Waals surface area contributed by atoms with Crippen LogP contribution in [0, 0.1) is 0 Å². The van der Waals surface area contributed by atoms with Gasteiger partial charge in [-0.1, -0.05) is 18.5 Å². The Kier molecular flexibility index (Phi) is 5.01. The van der Waals surface area contributed by atoms with Gasteiger partial charge in [0.25, 0.3) is 5.91 Å². The molecule has 0 saturated carbocycles. The van der Waals surface area contributed by atoms with E-state index in [0.717, 1.165) is 13.0 Å². The van der Waals surface area contributed by atoms with E-state index in [0.29, 0.717) is 16.5 Å². The van der Waals surface area contributed by atoms with Crippen molar-refractivity contribution in [2.24, 2.45) is 0 Å². The molecule has 0 unspecified atom stereocenters. The van der Waals surface area contributed by atoms with Gasteiger partial charge in [-0.25, -0.2) is 0 Å². The van der Waals surface area contributed by atoms with Crippen molar-refractivity contribution in [3.8, 4) is 5.75 Å². The van der Waals surface area contributed by atoms with Gasteiger partial charge >= 0.3 is 0 Å². The average Bonchev–Trinajstić information content (AvgIpc) is 2.87. The van der Waals surface area contributed by atoms with Gasteiger partial charge in [-0.3, -0.25) is 9.48 Å². The number of rotatable bonds is 6. The first-order valence-corrected chi connectivity index (χ1v) is 6.76. The van der Waals surface area contributed by atoms with Crippen LogP contribution in [0.2, 0.25) is 5.02 Å². The quantitative estimate of drug-likeness (QED) is 0.891. The van der Waals surface area contributed by atoms with Gasteiger partial charge in [0.1, 0.15) is 0 Å². The molecule has 5 nitrogen and oxygen atoms in total. The fourth-order valence-electron chi connectivity index (χ4n) is 1.65. The Hall–Kier alpha value is -2.01. The molecule has 0 spiro atoms. The summed E-state index contributed by atoms with van der Waals surface area (Å²) in [5.74, 6) is 0.361. The van der Waals surface area contributed by atoms with Crippen molar-refractivity contribution in [2.75, 3.05) is 11.9 Å². The number of carbonyl (C=O) groups excluding carboxylic acids is 1. The van der Waals surface area contributed by atoms with Crippen LogP contribution in [-0.2, 0) is 11.3 Å². The Bertz CT molecular complexity index is 566. The molecule has 0 saturated heterocycles. The molecule has 0 aliphatic rings. The predicted molar refractivity (Wildman–Crippen MR) is 78.1 cm³/mol. The summed E-state index contributed by atoms with van der Waals surface area (Å²) in [6.45, 7) is 2.85. The second-order valence-electron chi connectivity index (χ2n) is 4.28. The fraction of sp³-hybridized carbons (Fsp3) is 0.286. The minimum absolute atomic E-state index is 0.0551. The van der Waals surface area contributed by atoms with E-state index in [-0.39, 0.29) is 12.5 Å². The van der Waals surface area contributed by atoms with Crippen LogP contribution in [0.3, 0.4) is 0 Å². The maximum atomic E-state index is 11.7. The Balaban J connectivity index is 1.80. The van der Waals surface area contributed by atoms with Crippen molar-refractivity contribution in [3.63, 3.8) is 0 Å². The number of nitrogens with one attached hydrogen (secondary N) is 1. The number of hydrogen-bond donors (Lipinski definition) is 1. The lowest BCUT2D eigenvalue weighted by atomic mass is 10.3. The number of ether oxygens (including phenoxy) is 1. The molecule has 2 aromatic rings. The molecule has 0 radical (unpaired) electrons. The molecule has 1 aromatic carbocycles. The summed E-state index contributed by atoms with van der Waals surface area (Å²) in [4.78, 5) is 11.7. The van der Waals surface area contributed by atoms with E-state index in [9.17, 15) is 4.79 Å². The number of hydrogen-bond acceptors (Lipinski definition) is 3. The summed E-state index contributed by atoms with van der Waals surface area (Å²) in [6, 6.07) is 6.90. The van der Waals surface area contributed by atoms with Crippen LogP contribution in [0.1, 0.15) is 13.3 Å². The molecule has 106 valence electrons. The molecule has 0 fully saturated rings. The number of carbonyl (C=O) groups is 1. The summed E-state index contributed by atoms with van der Waals surface area (Å²) in [5, 5.41) is 7.47. The Morgan fingerprint density at radius 1 is 1.40 bits per heavy atom. The van der Waals surface area contributed by atoms with Crippen LogP contribution in [0.25, 0.3) is 0 Å². The van der Waals surface area contributed by atoms with Crippen molar-refractivity contribution < 1.29 is 9.53 Å². The van der Waals surface area contributed by atoms with Gasteiger partial charge in [0, 0.05) is 17.3 Å². The van der Waals surface area contributed by atoms with Crippen LogP contribution in [-0.4, -0.2) is 22.3 Å². The van der Waals surface area contributed by atoms with Gasteiger partial charge in [0.15, 0.2) is 12.4 Å². The number of halogens is 1. The number of amides is 1. The van der Waals surface area contributed by atoms with E-state index in [1.807, 2.05) is 0 Å². The molecule has 1 amide bonds. The summed E-state index contributed by atoms with van der Waals surface area (Å²) in [6.07, 6.45) is 4.38. The zero-order valence-corrected chi connectivity index (χ0v) is 11.9. The normalized spacial score (nSPS) is 10.3. The molecule has 2 rings (SSSR count). The lowest BCUT2D eigenvalue weighted by Gasteiger charge is -2.06. The van der Waals surface area contributed by atoms with Gasteiger partial charge in [-0.05, 0) is 30.7 Å². The van der Waals surface area contributed by atoms with Crippen molar-refractivity contribution in [1.29, 1.82) is 0 Å². The molecule has 1 heterocycles. The molecule has 1 N–H and O–H groups in total. The van der Waals surface area contributed by atoms with Gasteiger partial charge < -0.3 is 10.1 Å². The highest BCUT2D eigenvalue weighted by Crippen LogP contribution is 2.13. The van der Waals surface area contributed by atoms with Crippen molar-refractivity contribution >= 4 is 23.2 Å². The van der Waals surface area contributed by atoms with Gasteiger partial charge in [0.05, 0.1) is 12.4 Å². The number of aromatic nitrogens is 2. The first kappa shape index (κ1) is 14.4. The van der Waals surface area contributed by atoms with Crippen LogP contribution in [0.5, 0.6) is 5.75 Å². The number of aryl methyl sites for hydroxylation is 1. The first-order chi connectivity index (χ1) is 9.67. The minimum Gasteiger partial charge on any atom is -0.480 e. The maximum Gasteiger partial charge on any atom is 0.262 e. The molecule has 0 bridgehead atoms. The van der Waals surface area contributed by atoms with Crippen LogP contribution in [0.15, 0.2) is 36.7 Å². The number of anilines is 1. The highest BCUT2D eigenvalue weighted by atomic mass is 35.5.